The summed E-state index contributed by atoms with van der Waals surface area (Å²) in [6, 6.07) is 23.7. The summed E-state index contributed by atoms with van der Waals surface area (Å²) >= 11 is 0. The first-order chi connectivity index (χ1) is 20.5. The summed E-state index contributed by atoms with van der Waals surface area (Å²) in [5.74, 6) is 0.245. The van der Waals surface area contributed by atoms with E-state index in [1.165, 1.54) is 4.31 Å². The van der Waals surface area contributed by atoms with Crippen LogP contribution in [0.4, 0.5) is 5.69 Å². The van der Waals surface area contributed by atoms with Crippen molar-refractivity contribution in [3.63, 3.8) is 0 Å². The number of amides is 2. The molecule has 9 heteroatoms. The Labute approximate surface area is 257 Å². The van der Waals surface area contributed by atoms with Crippen molar-refractivity contribution in [2.24, 2.45) is 0 Å². The first-order valence-electron chi connectivity index (χ1n) is 14.9. The SMILES string of the molecule is CCOc1ccc(N(CCCC(=O)N(Cc2cccc(C)c2)[C@H](Cc2ccccc2)C(=O)N[C@@H](C)CC)S(C)(=O)=O)cc1. The summed E-state index contributed by atoms with van der Waals surface area (Å²) in [4.78, 5) is 29.3. The topological polar surface area (TPSA) is 96.0 Å². The van der Waals surface area contributed by atoms with Gasteiger partial charge in [0.25, 0.3) is 0 Å². The maximum absolute atomic E-state index is 14.0. The van der Waals surface area contributed by atoms with Gasteiger partial charge in [0.2, 0.25) is 21.8 Å². The zero-order chi connectivity index (χ0) is 31.4. The van der Waals surface area contributed by atoms with Gasteiger partial charge < -0.3 is 15.0 Å². The first kappa shape index (κ1) is 33.6. The zero-order valence-corrected chi connectivity index (χ0v) is 26.8. The number of hydrogen-bond acceptors (Lipinski definition) is 5. The Balaban J connectivity index is 1.87. The van der Waals surface area contributed by atoms with E-state index in [9.17, 15) is 18.0 Å². The predicted molar refractivity (Wildman–Crippen MR) is 173 cm³/mol. The Morgan fingerprint density at radius 1 is 0.930 bits per heavy atom. The van der Waals surface area contributed by atoms with Gasteiger partial charge in [-0.2, -0.15) is 0 Å². The summed E-state index contributed by atoms with van der Waals surface area (Å²) in [6.45, 7) is 8.73. The van der Waals surface area contributed by atoms with Crippen molar-refractivity contribution in [3.05, 3.63) is 95.6 Å². The summed E-state index contributed by atoms with van der Waals surface area (Å²) < 4.78 is 32.2. The van der Waals surface area contributed by atoms with Gasteiger partial charge in [0.15, 0.2) is 0 Å². The highest BCUT2D eigenvalue weighted by atomic mass is 32.2. The number of sulfonamides is 1. The standard InChI is InChI=1S/C34H45N3O5S/c1-6-27(4)35-34(39)32(24-28-14-9-8-10-15-28)36(25-29-16-11-13-26(3)23-29)33(38)17-12-22-37(43(5,40)41)30-18-20-31(21-19-30)42-7-2/h8-11,13-16,18-21,23,27,32H,6-7,12,17,22,24-25H2,1-5H3,(H,35,39)/t27-,32+/m0/s1. The van der Waals surface area contributed by atoms with Gasteiger partial charge in [-0.3, -0.25) is 13.9 Å². The number of rotatable bonds is 16. The molecule has 43 heavy (non-hydrogen) atoms. The van der Waals surface area contributed by atoms with Crippen molar-refractivity contribution >= 4 is 27.5 Å². The van der Waals surface area contributed by atoms with E-state index < -0.39 is 16.1 Å². The Morgan fingerprint density at radius 2 is 1.60 bits per heavy atom. The minimum absolute atomic E-state index is 0.0425. The molecule has 0 saturated carbocycles. The summed E-state index contributed by atoms with van der Waals surface area (Å²) in [7, 11) is -3.60. The van der Waals surface area contributed by atoms with Crippen LogP contribution < -0.4 is 14.4 Å². The number of benzene rings is 3. The van der Waals surface area contributed by atoms with Crippen LogP contribution in [0.15, 0.2) is 78.9 Å². The van der Waals surface area contributed by atoms with Gasteiger partial charge in [-0.05, 0) is 69.0 Å². The molecular weight excluding hydrogens is 562 g/mol. The van der Waals surface area contributed by atoms with Gasteiger partial charge in [0, 0.05) is 32.0 Å². The molecule has 0 saturated heterocycles. The van der Waals surface area contributed by atoms with Crippen molar-refractivity contribution in [1.82, 2.24) is 10.2 Å². The molecule has 0 aliphatic carbocycles. The van der Waals surface area contributed by atoms with Gasteiger partial charge >= 0.3 is 0 Å². The quantitative estimate of drug-likeness (QED) is 0.232. The number of nitrogens with one attached hydrogen (secondary N) is 1. The largest absolute Gasteiger partial charge is 0.494 e. The van der Waals surface area contributed by atoms with Crippen molar-refractivity contribution in [2.75, 3.05) is 23.7 Å². The second-order valence-electron chi connectivity index (χ2n) is 10.9. The van der Waals surface area contributed by atoms with E-state index in [2.05, 4.69) is 5.32 Å². The molecule has 1 N–H and O–H groups in total. The molecule has 232 valence electrons. The zero-order valence-electron chi connectivity index (χ0n) is 26.0. The molecule has 0 unspecified atom stereocenters. The van der Waals surface area contributed by atoms with Crippen molar-refractivity contribution in [3.8, 4) is 5.75 Å². The second-order valence-corrected chi connectivity index (χ2v) is 12.8. The average Bonchev–Trinajstić information content (AvgIpc) is 2.97. The minimum atomic E-state index is -3.60. The van der Waals surface area contributed by atoms with E-state index in [1.807, 2.05) is 82.3 Å². The monoisotopic (exact) mass is 607 g/mol. The summed E-state index contributed by atoms with van der Waals surface area (Å²) in [5, 5.41) is 3.08. The highest BCUT2D eigenvalue weighted by Crippen LogP contribution is 2.23. The van der Waals surface area contributed by atoms with Crippen LogP contribution in [0.2, 0.25) is 0 Å². The van der Waals surface area contributed by atoms with Gasteiger partial charge in [0.1, 0.15) is 11.8 Å². The fourth-order valence-corrected chi connectivity index (χ4v) is 5.85. The number of ether oxygens (including phenoxy) is 1. The number of aryl methyl sites for hydroxylation is 1. The van der Waals surface area contributed by atoms with Crippen LogP contribution in [0.1, 0.15) is 56.7 Å². The fourth-order valence-electron chi connectivity index (χ4n) is 4.88. The lowest BCUT2D eigenvalue weighted by molar-refractivity contribution is -0.141. The molecule has 2 amide bonds. The van der Waals surface area contributed by atoms with Crippen LogP contribution in [0.3, 0.4) is 0 Å². The number of hydrogen-bond donors (Lipinski definition) is 1. The Kier molecular flexibility index (Phi) is 12.6. The van der Waals surface area contributed by atoms with Crippen molar-refractivity contribution < 1.29 is 22.7 Å². The summed E-state index contributed by atoms with van der Waals surface area (Å²) in [6.07, 6.45) is 2.65. The maximum Gasteiger partial charge on any atom is 0.243 e. The molecule has 0 spiro atoms. The molecule has 0 aromatic heterocycles. The van der Waals surface area contributed by atoms with E-state index in [-0.39, 0.29) is 43.8 Å². The van der Waals surface area contributed by atoms with Crippen LogP contribution in [-0.2, 0) is 32.6 Å². The number of anilines is 1. The highest BCUT2D eigenvalue weighted by molar-refractivity contribution is 7.92. The molecule has 3 rings (SSSR count). The van der Waals surface area contributed by atoms with E-state index in [4.69, 9.17) is 4.74 Å². The van der Waals surface area contributed by atoms with Gasteiger partial charge in [-0.25, -0.2) is 8.42 Å². The molecule has 0 aliphatic heterocycles. The van der Waals surface area contributed by atoms with Gasteiger partial charge in [-0.1, -0.05) is 67.1 Å². The predicted octanol–water partition coefficient (Wildman–Crippen LogP) is 5.49. The fraction of sp³-hybridized carbons (Fsp3) is 0.412. The van der Waals surface area contributed by atoms with Gasteiger partial charge in [-0.15, -0.1) is 0 Å². The van der Waals surface area contributed by atoms with Crippen molar-refractivity contribution in [2.45, 2.75) is 72.0 Å². The smallest absolute Gasteiger partial charge is 0.243 e. The molecule has 8 nitrogen and oxygen atoms in total. The van der Waals surface area contributed by atoms with Crippen LogP contribution in [-0.4, -0.2) is 56.6 Å². The van der Waals surface area contributed by atoms with E-state index in [0.717, 1.165) is 29.4 Å². The molecule has 2 atom stereocenters. The lowest BCUT2D eigenvalue weighted by Gasteiger charge is -2.33. The third-order valence-corrected chi connectivity index (χ3v) is 8.49. The molecule has 3 aromatic carbocycles. The highest BCUT2D eigenvalue weighted by Gasteiger charge is 2.31. The third kappa shape index (κ3) is 10.4. The molecule has 0 aliphatic rings. The normalized spacial score (nSPS) is 12.7. The van der Waals surface area contributed by atoms with E-state index >= 15 is 0 Å². The van der Waals surface area contributed by atoms with Crippen LogP contribution in [0, 0.1) is 6.92 Å². The van der Waals surface area contributed by atoms with Crippen LogP contribution >= 0.6 is 0 Å². The number of carbonyl (C=O) groups excluding carboxylic acids is 2. The Hall–Kier alpha value is -3.85. The molecule has 0 fully saturated rings. The lowest BCUT2D eigenvalue weighted by Crippen LogP contribution is -2.52. The molecular formula is C34H45N3O5S. The third-order valence-electron chi connectivity index (χ3n) is 7.30. The Morgan fingerprint density at radius 3 is 2.21 bits per heavy atom. The van der Waals surface area contributed by atoms with E-state index in [1.54, 1.807) is 29.2 Å². The first-order valence-corrected chi connectivity index (χ1v) is 16.8. The minimum Gasteiger partial charge on any atom is -0.494 e. The second kappa shape index (κ2) is 16.1. The van der Waals surface area contributed by atoms with E-state index in [0.29, 0.717) is 24.5 Å². The molecule has 3 aromatic rings. The maximum atomic E-state index is 14.0. The number of nitrogens with zero attached hydrogens (tertiary/aromatic N) is 2. The van der Waals surface area contributed by atoms with Gasteiger partial charge in [0.05, 0.1) is 18.6 Å². The molecule has 0 heterocycles. The average molecular weight is 608 g/mol. The lowest BCUT2D eigenvalue weighted by atomic mass is 10.0. The van der Waals surface area contributed by atoms with Crippen molar-refractivity contribution in [1.29, 1.82) is 0 Å². The number of carbonyl (C=O) groups is 2. The summed E-state index contributed by atoms with van der Waals surface area (Å²) in [5.41, 5.74) is 3.44. The Bertz CT molecular complexity index is 1430. The molecule has 0 radical (unpaired) electrons. The van der Waals surface area contributed by atoms with Crippen LogP contribution in [0.5, 0.6) is 5.75 Å². The van der Waals surface area contributed by atoms with Crippen LogP contribution in [0.25, 0.3) is 0 Å². The molecule has 0 bridgehead atoms.